The van der Waals surface area contributed by atoms with Crippen LogP contribution in [-0.4, -0.2) is 12.7 Å². The molecule has 16 heavy (non-hydrogen) atoms. The fourth-order valence-electron chi connectivity index (χ4n) is 6.48. The van der Waals surface area contributed by atoms with Gasteiger partial charge in [0.15, 0.2) is 0 Å². The predicted molar refractivity (Wildman–Crippen MR) is 64.1 cm³/mol. The molecule has 1 nitrogen and oxygen atoms in total. The van der Waals surface area contributed by atoms with E-state index in [9.17, 15) is 0 Å². The molecule has 4 saturated carbocycles. The maximum Gasteiger partial charge on any atom is 0.0709 e. The van der Waals surface area contributed by atoms with Crippen LogP contribution in [0.5, 0.6) is 0 Å². The first-order valence-corrected chi connectivity index (χ1v) is 7.34. The van der Waals surface area contributed by atoms with Crippen LogP contribution in [0.4, 0.5) is 0 Å². The molecule has 7 atom stereocenters. The Morgan fingerprint density at radius 3 is 2.50 bits per heavy atom. The van der Waals surface area contributed by atoms with Crippen LogP contribution in [0.1, 0.15) is 45.4 Å². The molecule has 0 aromatic heterocycles. The van der Waals surface area contributed by atoms with Crippen LogP contribution in [0.2, 0.25) is 0 Å². The lowest BCUT2D eigenvalue weighted by Gasteiger charge is -2.45. The van der Waals surface area contributed by atoms with Crippen LogP contribution in [0.3, 0.4) is 0 Å². The predicted octanol–water partition coefficient (Wildman–Crippen LogP) is 3.48. The van der Waals surface area contributed by atoms with Crippen molar-refractivity contribution in [2.45, 2.75) is 51.0 Å². The molecule has 4 bridgehead atoms. The van der Waals surface area contributed by atoms with E-state index < -0.39 is 0 Å². The zero-order chi connectivity index (χ0) is 10.9. The fraction of sp³-hybridized carbons (Fsp3) is 1.00. The van der Waals surface area contributed by atoms with Crippen molar-refractivity contribution in [3.05, 3.63) is 0 Å². The summed E-state index contributed by atoms with van der Waals surface area (Å²) in [5, 5.41) is 0. The van der Waals surface area contributed by atoms with Gasteiger partial charge in [-0.05, 0) is 74.0 Å². The monoisotopic (exact) mass is 220 g/mol. The molecule has 0 aromatic rings. The Labute approximate surface area is 98.9 Å². The smallest absolute Gasteiger partial charge is 0.0709 e. The van der Waals surface area contributed by atoms with E-state index in [-0.39, 0.29) is 5.60 Å². The fourth-order valence-corrected chi connectivity index (χ4v) is 6.48. The molecule has 0 aliphatic heterocycles. The first-order chi connectivity index (χ1) is 7.79. The number of hydrogen-bond acceptors (Lipinski definition) is 1. The average molecular weight is 220 g/mol. The van der Waals surface area contributed by atoms with Crippen LogP contribution in [0.15, 0.2) is 0 Å². The molecule has 0 N–H and O–H groups in total. The van der Waals surface area contributed by atoms with Gasteiger partial charge in [-0.3, -0.25) is 0 Å². The zero-order valence-corrected chi connectivity index (χ0v) is 10.6. The SMILES string of the molecule is CCC1(OC)CC2CC1C1C3CCC(C3)C21. The molecule has 1 heteroatoms. The first kappa shape index (κ1) is 9.94. The molecule has 4 rings (SSSR count). The third-order valence-corrected chi connectivity index (χ3v) is 6.90. The lowest BCUT2D eigenvalue weighted by atomic mass is 9.65. The summed E-state index contributed by atoms with van der Waals surface area (Å²) in [6.07, 6.45) is 8.80. The van der Waals surface area contributed by atoms with E-state index in [1.165, 1.54) is 19.3 Å². The highest BCUT2D eigenvalue weighted by Gasteiger charge is 2.66. The molecule has 0 heterocycles. The summed E-state index contributed by atoms with van der Waals surface area (Å²) in [5.41, 5.74) is 0.288. The van der Waals surface area contributed by atoms with Gasteiger partial charge in [0.1, 0.15) is 0 Å². The Kier molecular flexibility index (Phi) is 1.89. The van der Waals surface area contributed by atoms with Crippen molar-refractivity contribution in [2.75, 3.05) is 7.11 Å². The van der Waals surface area contributed by atoms with Gasteiger partial charge in [-0.2, -0.15) is 0 Å². The molecular weight excluding hydrogens is 196 g/mol. The van der Waals surface area contributed by atoms with Gasteiger partial charge in [0.05, 0.1) is 5.60 Å². The Bertz CT molecular complexity index is 307. The van der Waals surface area contributed by atoms with E-state index in [4.69, 9.17) is 4.74 Å². The molecule has 4 aliphatic carbocycles. The molecular formula is C15H24O. The molecule has 0 spiro atoms. The molecule has 7 unspecified atom stereocenters. The van der Waals surface area contributed by atoms with E-state index in [2.05, 4.69) is 6.92 Å². The minimum Gasteiger partial charge on any atom is -0.378 e. The van der Waals surface area contributed by atoms with Gasteiger partial charge in [-0.25, -0.2) is 0 Å². The number of ether oxygens (including phenoxy) is 1. The normalized spacial score (nSPS) is 61.9. The maximum atomic E-state index is 6.00. The number of rotatable bonds is 2. The highest BCUT2D eigenvalue weighted by Crippen LogP contribution is 2.70. The van der Waals surface area contributed by atoms with E-state index in [0.717, 1.165) is 35.5 Å². The minimum absolute atomic E-state index is 0.288. The van der Waals surface area contributed by atoms with Crippen molar-refractivity contribution >= 4 is 0 Å². The standard InChI is InChI=1S/C15H24O/c1-3-15(16-2)8-11-7-12(15)14-10-5-4-9(6-10)13(11)14/h9-14H,3-8H2,1-2H3. The highest BCUT2D eigenvalue weighted by atomic mass is 16.5. The second-order valence-corrected chi connectivity index (χ2v) is 6.92. The minimum atomic E-state index is 0.288. The van der Waals surface area contributed by atoms with E-state index in [1.807, 2.05) is 7.11 Å². The number of methoxy groups -OCH3 is 1. The summed E-state index contributed by atoms with van der Waals surface area (Å²) in [6.45, 7) is 2.34. The number of hydrogen-bond donors (Lipinski definition) is 0. The summed E-state index contributed by atoms with van der Waals surface area (Å²) in [7, 11) is 1.96. The largest absolute Gasteiger partial charge is 0.378 e. The van der Waals surface area contributed by atoms with Crippen molar-refractivity contribution in [1.29, 1.82) is 0 Å². The van der Waals surface area contributed by atoms with E-state index >= 15 is 0 Å². The van der Waals surface area contributed by atoms with Crippen LogP contribution >= 0.6 is 0 Å². The van der Waals surface area contributed by atoms with E-state index in [1.54, 1.807) is 19.3 Å². The first-order valence-electron chi connectivity index (χ1n) is 7.34. The molecule has 0 amide bonds. The van der Waals surface area contributed by atoms with Crippen LogP contribution < -0.4 is 0 Å². The van der Waals surface area contributed by atoms with Gasteiger partial charge >= 0.3 is 0 Å². The lowest BCUT2D eigenvalue weighted by Crippen LogP contribution is -2.45. The van der Waals surface area contributed by atoms with Crippen LogP contribution in [0.25, 0.3) is 0 Å². The summed E-state index contributed by atoms with van der Waals surface area (Å²) in [6, 6.07) is 0. The summed E-state index contributed by atoms with van der Waals surface area (Å²) >= 11 is 0. The van der Waals surface area contributed by atoms with Gasteiger partial charge in [0.25, 0.3) is 0 Å². The van der Waals surface area contributed by atoms with Crippen molar-refractivity contribution in [2.24, 2.45) is 35.5 Å². The molecule has 0 radical (unpaired) electrons. The second-order valence-electron chi connectivity index (χ2n) is 6.92. The summed E-state index contributed by atoms with van der Waals surface area (Å²) < 4.78 is 6.00. The van der Waals surface area contributed by atoms with Crippen LogP contribution in [-0.2, 0) is 4.74 Å². The molecule has 0 saturated heterocycles. The third-order valence-electron chi connectivity index (χ3n) is 6.90. The van der Waals surface area contributed by atoms with Crippen LogP contribution in [0, 0.1) is 35.5 Å². The topological polar surface area (TPSA) is 9.23 Å². The van der Waals surface area contributed by atoms with Gasteiger partial charge in [0.2, 0.25) is 0 Å². The quantitative estimate of drug-likeness (QED) is 0.647. The summed E-state index contributed by atoms with van der Waals surface area (Å²) in [5.74, 6) is 6.36. The van der Waals surface area contributed by atoms with Crippen molar-refractivity contribution in [3.8, 4) is 0 Å². The van der Waals surface area contributed by atoms with Crippen molar-refractivity contribution in [3.63, 3.8) is 0 Å². The summed E-state index contributed by atoms with van der Waals surface area (Å²) in [4.78, 5) is 0. The molecule has 4 fully saturated rings. The average Bonchev–Trinajstić information content (AvgIpc) is 3.05. The van der Waals surface area contributed by atoms with Crippen molar-refractivity contribution in [1.82, 2.24) is 0 Å². The Balaban J connectivity index is 1.70. The van der Waals surface area contributed by atoms with Gasteiger partial charge in [0, 0.05) is 7.11 Å². The Morgan fingerprint density at radius 2 is 1.81 bits per heavy atom. The molecule has 90 valence electrons. The third kappa shape index (κ3) is 0.939. The van der Waals surface area contributed by atoms with Gasteiger partial charge in [-0.15, -0.1) is 0 Å². The molecule has 4 aliphatic rings. The van der Waals surface area contributed by atoms with Gasteiger partial charge < -0.3 is 4.74 Å². The molecule has 0 aromatic carbocycles. The van der Waals surface area contributed by atoms with Gasteiger partial charge in [-0.1, -0.05) is 6.92 Å². The Hall–Kier alpha value is -0.0400. The maximum absolute atomic E-state index is 6.00. The lowest BCUT2D eigenvalue weighted by molar-refractivity contribution is -0.0953. The van der Waals surface area contributed by atoms with E-state index in [0.29, 0.717) is 0 Å². The van der Waals surface area contributed by atoms with Crippen molar-refractivity contribution < 1.29 is 4.74 Å². The zero-order valence-electron chi connectivity index (χ0n) is 10.6. The Morgan fingerprint density at radius 1 is 1.06 bits per heavy atom. The highest BCUT2D eigenvalue weighted by molar-refractivity contribution is 5.15. The second kappa shape index (κ2) is 3.04. The number of fused-ring (bicyclic) bond motifs is 9.